The number of rotatable bonds is 3. The van der Waals surface area contributed by atoms with Gasteiger partial charge in [-0.2, -0.15) is 0 Å². The molecule has 0 spiro atoms. The Morgan fingerprint density at radius 2 is 2.29 bits per heavy atom. The van der Waals surface area contributed by atoms with Crippen molar-refractivity contribution in [2.75, 3.05) is 0 Å². The maximum absolute atomic E-state index is 10.7. The normalized spacial score (nSPS) is 18.7. The van der Waals surface area contributed by atoms with Gasteiger partial charge in [-0.3, -0.25) is 0 Å². The summed E-state index contributed by atoms with van der Waals surface area (Å²) < 4.78 is 0. The third-order valence-corrected chi connectivity index (χ3v) is 3.03. The highest BCUT2D eigenvalue weighted by Gasteiger charge is 2.26. The van der Waals surface area contributed by atoms with Gasteiger partial charge < -0.3 is 9.94 Å². The van der Waals surface area contributed by atoms with Gasteiger partial charge in [0.25, 0.3) is 0 Å². The van der Waals surface area contributed by atoms with Gasteiger partial charge in [0.15, 0.2) is 5.71 Å². The van der Waals surface area contributed by atoms with Gasteiger partial charge in [0.05, 0.1) is 0 Å². The summed E-state index contributed by atoms with van der Waals surface area (Å²) in [6, 6.07) is 5.18. The average Bonchev–Trinajstić information content (AvgIpc) is 2.71. The van der Waals surface area contributed by atoms with Gasteiger partial charge in [0.1, 0.15) is 6.10 Å². The molecule has 0 bridgehead atoms. The van der Waals surface area contributed by atoms with Gasteiger partial charge in [-0.15, -0.1) is 0 Å². The molecule has 0 aromatic heterocycles. The van der Waals surface area contributed by atoms with Crippen molar-refractivity contribution in [3.05, 3.63) is 33.8 Å². The zero-order valence-corrected chi connectivity index (χ0v) is 10.2. The van der Waals surface area contributed by atoms with E-state index < -0.39 is 5.97 Å². The van der Waals surface area contributed by atoms with Crippen molar-refractivity contribution in [3.63, 3.8) is 0 Å². The third-order valence-electron chi connectivity index (χ3n) is 2.44. The van der Waals surface area contributed by atoms with E-state index in [1.54, 1.807) is 18.2 Å². The number of carbonyl (C=O) groups is 1. The second-order valence-electron chi connectivity index (χ2n) is 3.71. The summed E-state index contributed by atoms with van der Waals surface area (Å²) in [7, 11) is 0. The molecule has 1 N–H and O–H groups in total. The van der Waals surface area contributed by atoms with Crippen molar-refractivity contribution < 1.29 is 14.7 Å². The van der Waals surface area contributed by atoms with E-state index in [-0.39, 0.29) is 18.2 Å². The number of aliphatic carboxylic acids is 1. The van der Waals surface area contributed by atoms with Crippen LogP contribution in [0.15, 0.2) is 23.4 Å². The predicted octanol–water partition coefficient (Wildman–Crippen LogP) is 2.77. The topological polar surface area (TPSA) is 58.9 Å². The van der Waals surface area contributed by atoms with Crippen LogP contribution in [0, 0.1) is 0 Å². The molecule has 0 radical (unpaired) electrons. The van der Waals surface area contributed by atoms with Crippen LogP contribution in [0.3, 0.4) is 0 Å². The lowest BCUT2D eigenvalue weighted by molar-refractivity contribution is -0.129. The molecule has 1 heterocycles. The molecule has 0 aliphatic carbocycles. The number of benzene rings is 1. The third kappa shape index (κ3) is 2.90. The lowest BCUT2D eigenvalue weighted by Crippen LogP contribution is -2.16. The van der Waals surface area contributed by atoms with E-state index in [2.05, 4.69) is 5.16 Å². The second-order valence-corrected chi connectivity index (χ2v) is 4.56. The van der Waals surface area contributed by atoms with E-state index in [1.165, 1.54) is 0 Å². The summed E-state index contributed by atoms with van der Waals surface area (Å²) >= 11 is 11.8. The molecule has 1 aliphatic heterocycles. The van der Waals surface area contributed by atoms with Crippen LogP contribution < -0.4 is 0 Å². The number of carboxylic acids is 1. The van der Waals surface area contributed by atoms with E-state index >= 15 is 0 Å². The first-order valence-corrected chi connectivity index (χ1v) is 5.72. The fraction of sp³-hybridized carbons (Fsp3) is 0.273. The molecule has 0 saturated carbocycles. The predicted molar refractivity (Wildman–Crippen MR) is 64.7 cm³/mol. The van der Waals surface area contributed by atoms with Crippen LogP contribution in [0.5, 0.6) is 0 Å². The minimum absolute atomic E-state index is 0.0417. The first-order chi connectivity index (χ1) is 8.06. The van der Waals surface area contributed by atoms with E-state index in [1.807, 2.05) is 0 Å². The summed E-state index contributed by atoms with van der Waals surface area (Å²) in [5.41, 5.74) is 0.906. The van der Waals surface area contributed by atoms with Crippen LogP contribution in [0.4, 0.5) is 0 Å². The fourth-order valence-corrected chi connectivity index (χ4v) is 2.08. The van der Waals surface area contributed by atoms with E-state index in [4.69, 9.17) is 33.1 Å². The van der Waals surface area contributed by atoms with Crippen molar-refractivity contribution in [3.8, 4) is 0 Å². The van der Waals surface area contributed by atoms with Gasteiger partial charge in [-0.1, -0.05) is 34.4 Å². The molecule has 90 valence electrons. The van der Waals surface area contributed by atoms with Crippen LogP contribution in [-0.4, -0.2) is 22.9 Å². The second kappa shape index (κ2) is 4.94. The van der Waals surface area contributed by atoms with Crippen molar-refractivity contribution in [2.45, 2.75) is 18.9 Å². The van der Waals surface area contributed by atoms with Gasteiger partial charge in [-0.25, -0.2) is 4.79 Å². The van der Waals surface area contributed by atoms with Crippen LogP contribution >= 0.6 is 23.2 Å². The summed E-state index contributed by atoms with van der Waals surface area (Å²) in [5, 5.41) is 13.4. The lowest BCUT2D eigenvalue weighted by atomic mass is 10.0. The van der Waals surface area contributed by atoms with E-state index in [0.717, 1.165) is 5.56 Å². The molecule has 0 fully saturated rings. The van der Waals surface area contributed by atoms with Crippen molar-refractivity contribution >= 4 is 34.9 Å². The zero-order valence-electron chi connectivity index (χ0n) is 8.69. The van der Waals surface area contributed by atoms with E-state index in [0.29, 0.717) is 16.5 Å². The Balaban J connectivity index is 2.02. The summed E-state index contributed by atoms with van der Waals surface area (Å²) in [6.45, 7) is 0. The highest BCUT2D eigenvalue weighted by Crippen LogP contribution is 2.24. The minimum Gasteiger partial charge on any atom is -0.477 e. The number of hydrogen-bond acceptors (Lipinski definition) is 3. The molecule has 6 heteroatoms. The fourth-order valence-electron chi connectivity index (χ4n) is 1.60. The number of nitrogens with zero attached hydrogens (tertiary/aromatic N) is 1. The Morgan fingerprint density at radius 3 is 2.88 bits per heavy atom. The number of halogens is 2. The van der Waals surface area contributed by atoms with Gasteiger partial charge in [0, 0.05) is 22.9 Å². The monoisotopic (exact) mass is 273 g/mol. The molecular formula is C11H9Cl2NO3. The molecule has 0 saturated heterocycles. The summed E-state index contributed by atoms with van der Waals surface area (Å²) in [6.07, 6.45) is 0.518. The SMILES string of the molecule is O=C(O)C1=NOC(Cc2ccc(Cl)cc2Cl)C1. The van der Waals surface area contributed by atoms with Crippen molar-refractivity contribution in [1.29, 1.82) is 0 Å². The van der Waals surface area contributed by atoms with Gasteiger partial charge >= 0.3 is 5.97 Å². The molecule has 17 heavy (non-hydrogen) atoms. The van der Waals surface area contributed by atoms with Crippen LogP contribution in [-0.2, 0) is 16.1 Å². The quantitative estimate of drug-likeness (QED) is 0.921. The van der Waals surface area contributed by atoms with Gasteiger partial charge in [0.2, 0.25) is 0 Å². The molecule has 1 atom stereocenters. The first kappa shape index (κ1) is 12.2. The highest BCUT2D eigenvalue weighted by atomic mass is 35.5. The molecular weight excluding hydrogens is 265 g/mol. The largest absolute Gasteiger partial charge is 0.477 e. The maximum atomic E-state index is 10.7. The molecule has 1 aliphatic rings. The smallest absolute Gasteiger partial charge is 0.353 e. The Morgan fingerprint density at radius 1 is 1.53 bits per heavy atom. The molecule has 0 amide bonds. The molecule has 2 rings (SSSR count). The van der Waals surface area contributed by atoms with Crippen LogP contribution in [0.2, 0.25) is 10.0 Å². The van der Waals surface area contributed by atoms with Crippen molar-refractivity contribution in [2.24, 2.45) is 5.16 Å². The van der Waals surface area contributed by atoms with Crippen molar-refractivity contribution in [1.82, 2.24) is 0 Å². The highest BCUT2D eigenvalue weighted by molar-refractivity contribution is 6.36. The Labute approximate surface area is 108 Å². The maximum Gasteiger partial charge on any atom is 0.353 e. The van der Waals surface area contributed by atoms with Crippen LogP contribution in [0.25, 0.3) is 0 Å². The number of carboxylic acid groups (broad SMARTS) is 1. The summed E-state index contributed by atoms with van der Waals surface area (Å²) in [5.74, 6) is -1.05. The molecule has 4 nitrogen and oxygen atoms in total. The summed E-state index contributed by atoms with van der Waals surface area (Å²) in [4.78, 5) is 15.7. The number of oxime groups is 1. The lowest BCUT2D eigenvalue weighted by Gasteiger charge is -2.09. The average molecular weight is 274 g/mol. The molecule has 1 aromatic carbocycles. The minimum atomic E-state index is -1.05. The Kier molecular flexibility index (Phi) is 3.54. The van der Waals surface area contributed by atoms with E-state index in [9.17, 15) is 4.79 Å². The number of hydrogen-bond donors (Lipinski definition) is 1. The van der Waals surface area contributed by atoms with Crippen LogP contribution in [0.1, 0.15) is 12.0 Å². The Bertz CT molecular complexity index is 488. The zero-order chi connectivity index (χ0) is 12.4. The molecule has 1 aromatic rings. The standard InChI is InChI=1S/C11H9Cl2NO3/c12-7-2-1-6(9(13)4-7)3-8-5-10(11(15)16)14-17-8/h1-2,4,8H,3,5H2,(H,15,16). The van der Waals surface area contributed by atoms with Gasteiger partial charge in [-0.05, 0) is 17.7 Å². The molecule has 1 unspecified atom stereocenters. The first-order valence-electron chi connectivity index (χ1n) is 4.96. The Hall–Kier alpha value is -1.26.